The van der Waals surface area contributed by atoms with Gasteiger partial charge in [0.2, 0.25) is 0 Å². The van der Waals surface area contributed by atoms with Gasteiger partial charge in [-0.2, -0.15) is 13.2 Å². The number of aliphatic hydroxyl groups is 1. The molecule has 4 heteroatoms. The molecule has 1 aliphatic rings. The molecule has 15 heavy (non-hydrogen) atoms. The molecule has 0 radical (unpaired) electrons. The Morgan fingerprint density at radius 3 is 2.20 bits per heavy atom. The van der Waals surface area contributed by atoms with Gasteiger partial charge in [0.05, 0.1) is 5.60 Å². The van der Waals surface area contributed by atoms with Crippen molar-refractivity contribution in [1.82, 2.24) is 0 Å². The van der Waals surface area contributed by atoms with E-state index < -0.39 is 18.2 Å². The maximum Gasteiger partial charge on any atom is 0.389 e. The van der Waals surface area contributed by atoms with E-state index in [1.165, 1.54) is 0 Å². The monoisotopic (exact) mass is 224 g/mol. The normalized spacial score (nSPS) is 35.8. The summed E-state index contributed by atoms with van der Waals surface area (Å²) in [5.41, 5.74) is -1.17. The first-order chi connectivity index (χ1) is 6.54. The highest BCUT2D eigenvalue weighted by Crippen LogP contribution is 2.50. The maximum atomic E-state index is 12.1. The van der Waals surface area contributed by atoms with Gasteiger partial charge in [0.15, 0.2) is 0 Å². The number of rotatable bonds is 2. The van der Waals surface area contributed by atoms with E-state index in [4.69, 9.17) is 0 Å². The van der Waals surface area contributed by atoms with Crippen LogP contribution in [0.5, 0.6) is 0 Å². The summed E-state index contributed by atoms with van der Waals surface area (Å²) in [6.45, 7) is 5.83. The molecule has 0 aromatic carbocycles. The summed E-state index contributed by atoms with van der Waals surface area (Å²) < 4.78 is 36.3. The zero-order valence-electron chi connectivity index (χ0n) is 9.49. The third-order valence-corrected chi connectivity index (χ3v) is 3.40. The van der Waals surface area contributed by atoms with E-state index in [1.807, 2.05) is 20.8 Å². The van der Waals surface area contributed by atoms with E-state index in [1.54, 1.807) is 0 Å². The molecule has 1 aliphatic carbocycles. The van der Waals surface area contributed by atoms with Gasteiger partial charge >= 0.3 is 6.18 Å². The molecule has 2 unspecified atom stereocenters. The Bertz CT molecular complexity index is 234. The van der Waals surface area contributed by atoms with E-state index in [2.05, 4.69) is 0 Å². The van der Waals surface area contributed by atoms with Crippen LogP contribution in [-0.4, -0.2) is 16.9 Å². The average molecular weight is 224 g/mol. The Balaban J connectivity index is 2.60. The van der Waals surface area contributed by atoms with Gasteiger partial charge in [-0.15, -0.1) is 0 Å². The Kier molecular flexibility index (Phi) is 3.12. The average Bonchev–Trinajstić information content (AvgIpc) is 2.17. The molecule has 0 aliphatic heterocycles. The summed E-state index contributed by atoms with van der Waals surface area (Å²) >= 11 is 0. The highest BCUT2D eigenvalue weighted by atomic mass is 19.4. The number of halogens is 3. The van der Waals surface area contributed by atoms with Crippen LogP contribution < -0.4 is 0 Å². The van der Waals surface area contributed by atoms with Crippen LogP contribution >= 0.6 is 0 Å². The zero-order valence-corrected chi connectivity index (χ0v) is 9.49. The molecule has 0 heterocycles. The Morgan fingerprint density at radius 2 is 1.87 bits per heavy atom. The molecule has 0 saturated heterocycles. The van der Waals surface area contributed by atoms with Crippen LogP contribution in [0.1, 0.15) is 46.5 Å². The third-order valence-electron chi connectivity index (χ3n) is 3.40. The van der Waals surface area contributed by atoms with Gasteiger partial charge in [0.1, 0.15) is 0 Å². The van der Waals surface area contributed by atoms with Crippen LogP contribution in [0.15, 0.2) is 0 Å². The number of alkyl halides is 3. The smallest absolute Gasteiger partial charge is 0.389 e. The van der Waals surface area contributed by atoms with Crippen molar-refractivity contribution < 1.29 is 18.3 Å². The van der Waals surface area contributed by atoms with Crippen LogP contribution in [-0.2, 0) is 0 Å². The van der Waals surface area contributed by atoms with E-state index >= 15 is 0 Å². The van der Waals surface area contributed by atoms with Gasteiger partial charge in [-0.3, -0.25) is 0 Å². The Morgan fingerprint density at radius 1 is 1.33 bits per heavy atom. The van der Waals surface area contributed by atoms with E-state index in [0.29, 0.717) is 6.42 Å². The zero-order chi connectivity index (χ0) is 11.9. The predicted octanol–water partition coefficient (Wildman–Crippen LogP) is 3.52. The van der Waals surface area contributed by atoms with Gasteiger partial charge in [-0.25, -0.2) is 0 Å². The van der Waals surface area contributed by atoms with Crippen molar-refractivity contribution in [3.8, 4) is 0 Å². The lowest BCUT2D eigenvalue weighted by Crippen LogP contribution is -2.33. The number of hydrogen-bond donors (Lipinski definition) is 1. The molecule has 0 spiro atoms. The van der Waals surface area contributed by atoms with Crippen molar-refractivity contribution in [3.63, 3.8) is 0 Å². The molecule has 1 saturated carbocycles. The van der Waals surface area contributed by atoms with Crippen molar-refractivity contribution >= 4 is 0 Å². The van der Waals surface area contributed by atoms with Crippen molar-refractivity contribution in [3.05, 3.63) is 0 Å². The fourth-order valence-electron chi connectivity index (χ4n) is 2.79. The first-order valence-corrected chi connectivity index (χ1v) is 5.33. The predicted molar refractivity (Wildman–Crippen MR) is 52.4 cm³/mol. The van der Waals surface area contributed by atoms with Gasteiger partial charge < -0.3 is 5.11 Å². The molecule has 1 rings (SSSR count). The standard InChI is InChI=1S/C11H19F3O/c1-8-6-9(2,3)7-10(8,15)4-5-11(12,13)14/h8,15H,4-7H2,1-3H3. The van der Waals surface area contributed by atoms with E-state index in [9.17, 15) is 18.3 Å². The summed E-state index contributed by atoms with van der Waals surface area (Å²) in [5, 5.41) is 10.2. The molecular formula is C11H19F3O. The molecule has 1 fully saturated rings. The minimum Gasteiger partial charge on any atom is -0.390 e. The first-order valence-electron chi connectivity index (χ1n) is 5.33. The summed E-state index contributed by atoms with van der Waals surface area (Å²) in [4.78, 5) is 0. The molecule has 0 amide bonds. The van der Waals surface area contributed by atoms with Crippen LogP contribution in [0.4, 0.5) is 13.2 Å². The van der Waals surface area contributed by atoms with E-state index in [-0.39, 0.29) is 17.8 Å². The Hall–Kier alpha value is -0.250. The first kappa shape index (κ1) is 12.8. The second-order valence-electron chi connectivity index (χ2n) is 5.66. The fraction of sp³-hybridized carbons (Fsp3) is 1.00. The molecule has 2 atom stereocenters. The minimum atomic E-state index is -4.16. The molecular weight excluding hydrogens is 205 g/mol. The number of hydrogen-bond acceptors (Lipinski definition) is 1. The second-order valence-corrected chi connectivity index (χ2v) is 5.66. The molecule has 1 nitrogen and oxygen atoms in total. The van der Waals surface area contributed by atoms with Crippen molar-refractivity contribution in [2.24, 2.45) is 11.3 Å². The van der Waals surface area contributed by atoms with Crippen LogP contribution in [0.2, 0.25) is 0 Å². The van der Waals surface area contributed by atoms with Crippen molar-refractivity contribution in [2.45, 2.75) is 58.2 Å². The van der Waals surface area contributed by atoms with Gasteiger partial charge in [0.25, 0.3) is 0 Å². The lowest BCUT2D eigenvalue weighted by atomic mass is 9.86. The van der Waals surface area contributed by atoms with Crippen LogP contribution in [0.3, 0.4) is 0 Å². The van der Waals surface area contributed by atoms with Gasteiger partial charge in [-0.05, 0) is 30.6 Å². The SMILES string of the molecule is CC1CC(C)(C)CC1(O)CCC(F)(F)F. The van der Waals surface area contributed by atoms with Crippen LogP contribution in [0.25, 0.3) is 0 Å². The highest BCUT2D eigenvalue weighted by Gasteiger charge is 2.48. The molecule has 0 aromatic heterocycles. The molecule has 0 aromatic rings. The molecule has 1 N–H and O–H groups in total. The van der Waals surface area contributed by atoms with E-state index in [0.717, 1.165) is 6.42 Å². The summed E-state index contributed by atoms with van der Waals surface area (Å²) in [6, 6.07) is 0. The molecule has 0 bridgehead atoms. The summed E-state index contributed by atoms with van der Waals surface area (Å²) in [5.74, 6) is -0.0464. The van der Waals surface area contributed by atoms with Gasteiger partial charge in [0, 0.05) is 6.42 Å². The maximum absolute atomic E-state index is 12.1. The molecule has 90 valence electrons. The van der Waals surface area contributed by atoms with Gasteiger partial charge in [-0.1, -0.05) is 20.8 Å². The largest absolute Gasteiger partial charge is 0.390 e. The van der Waals surface area contributed by atoms with Crippen molar-refractivity contribution in [2.75, 3.05) is 0 Å². The topological polar surface area (TPSA) is 20.2 Å². The quantitative estimate of drug-likeness (QED) is 0.761. The second kappa shape index (κ2) is 3.65. The van der Waals surface area contributed by atoms with Crippen molar-refractivity contribution in [1.29, 1.82) is 0 Å². The van der Waals surface area contributed by atoms with Crippen LogP contribution in [0, 0.1) is 11.3 Å². The lowest BCUT2D eigenvalue weighted by Gasteiger charge is -2.28. The summed E-state index contributed by atoms with van der Waals surface area (Å²) in [7, 11) is 0. The highest BCUT2D eigenvalue weighted by molar-refractivity contribution is 4.98. The summed E-state index contributed by atoms with van der Waals surface area (Å²) in [6.07, 6.45) is -3.95. The fourth-order valence-corrected chi connectivity index (χ4v) is 2.79. The Labute approximate surface area is 88.7 Å². The minimum absolute atomic E-state index is 0.0419. The lowest BCUT2D eigenvalue weighted by molar-refractivity contribution is -0.149. The third kappa shape index (κ3) is 3.37.